The number of carbonyl (C=O) groups is 2. The van der Waals surface area contributed by atoms with E-state index in [0.717, 1.165) is 43.4 Å². The van der Waals surface area contributed by atoms with Crippen molar-refractivity contribution in [1.82, 2.24) is 9.88 Å². The molecule has 1 aromatic heterocycles. The van der Waals surface area contributed by atoms with Crippen LogP contribution in [0.4, 0.5) is 10.5 Å². The highest BCUT2D eigenvalue weighted by Gasteiger charge is 2.27. The highest BCUT2D eigenvalue weighted by Crippen LogP contribution is 2.34. The summed E-state index contributed by atoms with van der Waals surface area (Å²) in [5.41, 5.74) is 1.81. The first-order chi connectivity index (χ1) is 19.3. The third-order valence-electron chi connectivity index (χ3n) is 7.57. The van der Waals surface area contributed by atoms with E-state index in [9.17, 15) is 24.6 Å². The Bertz CT molecular complexity index is 1480. The number of aromatic hydroxyl groups is 1. The van der Waals surface area contributed by atoms with E-state index in [0.29, 0.717) is 34.7 Å². The van der Waals surface area contributed by atoms with E-state index in [2.05, 4.69) is 10.6 Å². The van der Waals surface area contributed by atoms with E-state index in [1.807, 2.05) is 18.2 Å². The maximum atomic E-state index is 13.6. The van der Waals surface area contributed by atoms with Crippen LogP contribution in [0.3, 0.4) is 0 Å². The lowest BCUT2D eigenvalue weighted by atomic mass is 10.0. The number of ether oxygens (including phenoxy) is 1. The number of amides is 2. The van der Waals surface area contributed by atoms with Crippen molar-refractivity contribution in [2.45, 2.75) is 70.1 Å². The van der Waals surface area contributed by atoms with Crippen molar-refractivity contribution >= 4 is 29.3 Å². The lowest BCUT2D eigenvalue weighted by Gasteiger charge is -2.21. The molecule has 3 aromatic rings. The smallest absolute Gasteiger partial charge is 0.319 e. The van der Waals surface area contributed by atoms with Crippen LogP contribution in [-0.4, -0.2) is 32.9 Å². The Kier molecular flexibility index (Phi) is 8.30. The molecule has 2 aromatic carbocycles. The lowest BCUT2D eigenvalue weighted by Crippen LogP contribution is -2.37. The van der Waals surface area contributed by atoms with Crippen molar-refractivity contribution in [3.63, 3.8) is 0 Å². The van der Waals surface area contributed by atoms with Gasteiger partial charge in [-0.05, 0) is 74.3 Å². The van der Waals surface area contributed by atoms with Gasteiger partial charge in [-0.3, -0.25) is 9.59 Å². The number of hydrogen-bond acceptors (Lipinski definition) is 5. The van der Waals surface area contributed by atoms with Gasteiger partial charge in [-0.15, -0.1) is 0 Å². The molecule has 10 heteroatoms. The Hall–Kier alpha value is -3.98. The van der Waals surface area contributed by atoms with Gasteiger partial charge < -0.3 is 30.2 Å². The molecule has 40 heavy (non-hydrogen) atoms. The van der Waals surface area contributed by atoms with Crippen LogP contribution in [0.2, 0.25) is 5.02 Å². The number of nitrogens with one attached hydrogen (secondary N) is 2. The molecule has 4 N–H and O–H groups in total. The molecule has 210 valence electrons. The highest BCUT2D eigenvalue weighted by atomic mass is 35.5. The molecule has 2 aliphatic rings. The third-order valence-corrected chi connectivity index (χ3v) is 7.94. The Morgan fingerprint density at radius 1 is 1.07 bits per heavy atom. The van der Waals surface area contributed by atoms with Gasteiger partial charge in [-0.25, -0.2) is 4.79 Å². The molecule has 9 nitrogen and oxygen atoms in total. The Labute approximate surface area is 236 Å². The number of aromatic nitrogens is 1. The zero-order chi connectivity index (χ0) is 28.2. The molecule has 0 saturated heterocycles. The van der Waals surface area contributed by atoms with Gasteiger partial charge in [0, 0.05) is 16.3 Å². The normalized spacial score (nSPS) is 15.4. The number of rotatable bonds is 9. The van der Waals surface area contributed by atoms with E-state index >= 15 is 0 Å². The molecule has 1 saturated carbocycles. The van der Waals surface area contributed by atoms with Crippen molar-refractivity contribution in [1.29, 1.82) is 0 Å². The minimum Gasteiger partial charge on any atom is -0.505 e. The molecule has 0 aliphatic heterocycles. The van der Waals surface area contributed by atoms with E-state index in [1.54, 1.807) is 30.3 Å². The van der Waals surface area contributed by atoms with Gasteiger partial charge in [-0.2, -0.15) is 0 Å². The van der Waals surface area contributed by atoms with Gasteiger partial charge in [0.05, 0.1) is 25.1 Å². The molecule has 1 atom stereocenters. The average molecular weight is 566 g/mol. The predicted molar refractivity (Wildman–Crippen MR) is 151 cm³/mol. The number of nitrogens with zero attached hydrogens (tertiary/aromatic N) is 1. The number of halogens is 1. The number of carboxylic acid groups (broad SMARTS) is 1. The van der Waals surface area contributed by atoms with Crippen LogP contribution in [0.5, 0.6) is 11.5 Å². The van der Waals surface area contributed by atoms with Crippen molar-refractivity contribution < 1.29 is 24.5 Å². The van der Waals surface area contributed by atoms with E-state index < -0.39 is 23.6 Å². The molecule has 0 spiro atoms. The second-order valence-electron chi connectivity index (χ2n) is 10.3. The number of hydrogen-bond donors (Lipinski definition) is 4. The number of urea groups is 1. The van der Waals surface area contributed by atoms with Crippen molar-refractivity contribution in [3.05, 3.63) is 86.3 Å². The topological polar surface area (TPSA) is 130 Å². The first-order valence-electron chi connectivity index (χ1n) is 13.6. The van der Waals surface area contributed by atoms with Crippen LogP contribution in [0.25, 0.3) is 0 Å². The summed E-state index contributed by atoms with van der Waals surface area (Å²) in [6.45, 7) is 0.187. The van der Waals surface area contributed by atoms with Crippen LogP contribution in [-0.2, 0) is 24.2 Å². The number of benzene rings is 2. The monoisotopic (exact) mass is 565 g/mol. The second kappa shape index (κ2) is 12.0. The fourth-order valence-corrected chi connectivity index (χ4v) is 5.80. The zero-order valence-electron chi connectivity index (χ0n) is 22.0. The first-order valence-corrected chi connectivity index (χ1v) is 13.9. The fourth-order valence-electron chi connectivity index (χ4n) is 5.61. The summed E-state index contributed by atoms with van der Waals surface area (Å²) in [4.78, 5) is 38.4. The first kappa shape index (κ1) is 27.6. The van der Waals surface area contributed by atoms with Gasteiger partial charge in [0.15, 0.2) is 5.69 Å². The summed E-state index contributed by atoms with van der Waals surface area (Å²) >= 11 is 6.35. The van der Waals surface area contributed by atoms with Crippen LogP contribution in [0.1, 0.15) is 67.0 Å². The molecule has 0 unspecified atom stereocenters. The maximum absolute atomic E-state index is 13.6. The molecule has 0 radical (unpaired) electrons. The van der Waals surface area contributed by atoms with Crippen LogP contribution in [0.15, 0.2) is 53.3 Å². The van der Waals surface area contributed by atoms with Crippen LogP contribution >= 0.6 is 11.6 Å². The Morgan fingerprint density at radius 2 is 1.85 bits per heavy atom. The fraction of sp³-hybridized carbons (Fsp3) is 0.367. The maximum Gasteiger partial charge on any atom is 0.319 e. The number of fused-ring (bicyclic) bond motifs is 1. The number of carboxylic acids is 1. The van der Waals surface area contributed by atoms with Gasteiger partial charge in [0.2, 0.25) is 0 Å². The van der Waals surface area contributed by atoms with Crippen molar-refractivity contribution in [3.8, 4) is 11.5 Å². The number of carbonyl (C=O) groups excluding carboxylic acids is 1. The standard InChI is InChI=1S/C30H32ClN3O6/c31-23-13-4-1-7-19(23)17-34-25-14-6-12-22(25)28(37)27(29(34)38)33-30(39)32-24(16-26(35)36)18-8-5-11-21(15-18)40-20-9-2-3-10-20/h1,4-5,7-8,11,13,15,20,24,37H,2-3,6,9-10,12,14,16-17H2,(H,35,36)(H2,32,33,39)/t24-/m0/s1. The van der Waals surface area contributed by atoms with Gasteiger partial charge in [-0.1, -0.05) is 41.9 Å². The van der Waals surface area contributed by atoms with Crippen LogP contribution in [0, 0.1) is 0 Å². The molecular weight excluding hydrogens is 534 g/mol. The highest BCUT2D eigenvalue weighted by molar-refractivity contribution is 6.31. The largest absolute Gasteiger partial charge is 0.505 e. The summed E-state index contributed by atoms with van der Waals surface area (Å²) in [5, 5.41) is 26.2. The van der Waals surface area contributed by atoms with Gasteiger partial charge in [0.25, 0.3) is 5.56 Å². The number of pyridine rings is 1. The Balaban J connectivity index is 1.39. The molecule has 2 aliphatic carbocycles. The average Bonchev–Trinajstić information content (AvgIpc) is 3.62. The second-order valence-corrected chi connectivity index (χ2v) is 10.7. The molecule has 0 bridgehead atoms. The molecule has 1 heterocycles. The molecule has 5 rings (SSSR count). The third kappa shape index (κ3) is 6.09. The van der Waals surface area contributed by atoms with E-state index in [4.69, 9.17) is 16.3 Å². The quantitative estimate of drug-likeness (QED) is 0.275. The van der Waals surface area contributed by atoms with Crippen molar-refractivity contribution in [2.75, 3.05) is 5.32 Å². The summed E-state index contributed by atoms with van der Waals surface area (Å²) in [7, 11) is 0. The summed E-state index contributed by atoms with van der Waals surface area (Å²) in [6, 6.07) is 12.5. The zero-order valence-corrected chi connectivity index (χ0v) is 22.7. The molecule has 2 amide bonds. The predicted octanol–water partition coefficient (Wildman–Crippen LogP) is 5.40. The lowest BCUT2D eigenvalue weighted by molar-refractivity contribution is -0.137. The van der Waals surface area contributed by atoms with E-state index in [-0.39, 0.29) is 30.5 Å². The van der Waals surface area contributed by atoms with Crippen molar-refractivity contribution in [2.24, 2.45) is 0 Å². The summed E-state index contributed by atoms with van der Waals surface area (Å²) in [5.74, 6) is -0.750. The number of anilines is 1. The number of aliphatic carboxylic acids is 1. The molecule has 1 fully saturated rings. The minimum absolute atomic E-state index is 0.125. The Morgan fingerprint density at radius 3 is 2.60 bits per heavy atom. The van der Waals surface area contributed by atoms with Gasteiger partial charge in [0.1, 0.15) is 11.5 Å². The summed E-state index contributed by atoms with van der Waals surface area (Å²) < 4.78 is 7.59. The van der Waals surface area contributed by atoms with E-state index in [1.165, 1.54) is 4.57 Å². The molecular formula is C30H32ClN3O6. The minimum atomic E-state index is -1.10. The SMILES string of the molecule is O=C(O)C[C@H](NC(=O)Nc1c(O)c2c(n(Cc3ccccc3Cl)c1=O)CCC2)c1cccc(OC2CCCC2)c1. The van der Waals surface area contributed by atoms with Crippen LogP contribution < -0.4 is 20.9 Å². The summed E-state index contributed by atoms with van der Waals surface area (Å²) in [6.07, 6.45) is 5.87. The van der Waals surface area contributed by atoms with Gasteiger partial charge >= 0.3 is 12.0 Å².